The fourth-order valence-corrected chi connectivity index (χ4v) is 3.86. The van der Waals surface area contributed by atoms with Gasteiger partial charge in [-0.1, -0.05) is 49.7 Å². The summed E-state index contributed by atoms with van der Waals surface area (Å²) in [7, 11) is -4.31. The van der Waals surface area contributed by atoms with Crippen LogP contribution in [0.1, 0.15) is 19.8 Å². The van der Waals surface area contributed by atoms with E-state index in [2.05, 4.69) is 0 Å². The van der Waals surface area contributed by atoms with Crippen LogP contribution in [0.4, 0.5) is 0 Å². The molecule has 24 heavy (non-hydrogen) atoms. The number of nitrogens with zero attached hydrogens (tertiary/aromatic N) is 2. The number of unbranched alkanes of at least 4 members (excludes halogenated alkanes) is 1. The quantitative estimate of drug-likeness (QED) is 0.701. The summed E-state index contributed by atoms with van der Waals surface area (Å²) in [5, 5.41) is 1.16. The summed E-state index contributed by atoms with van der Waals surface area (Å²) < 4.78 is 31.4. The van der Waals surface area contributed by atoms with Crippen molar-refractivity contribution in [3.05, 3.63) is 63.5 Å². The van der Waals surface area contributed by atoms with Crippen LogP contribution in [0, 0.1) is 0 Å². The molecule has 0 saturated carbocycles. The van der Waals surface area contributed by atoms with Crippen LogP contribution < -0.4 is 11.4 Å². The highest BCUT2D eigenvalue weighted by atomic mass is 32.2. The van der Waals surface area contributed by atoms with E-state index in [0.29, 0.717) is 17.2 Å². The van der Waals surface area contributed by atoms with Crippen LogP contribution in [0.5, 0.6) is 0 Å². The predicted molar refractivity (Wildman–Crippen MR) is 88.7 cm³/mol. The van der Waals surface area contributed by atoms with Gasteiger partial charge >= 0.3 is 11.4 Å². The molecule has 3 rings (SSSR count). The summed E-state index contributed by atoms with van der Waals surface area (Å²) in [4.78, 5) is 24.0. The highest BCUT2D eigenvalue weighted by Gasteiger charge is 2.26. The van der Waals surface area contributed by atoms with Crippen molar-refractivity contribution in [2.75, 3.05) is 0 Å². The van der Waals surface area contributed by atoms with E-state index in [0.717, 1.165) is 11.0 Å². The van der Waals surface area contributed by atoms with Crippen molar-refractivity contribution in [2.45, 2.75) is 31.2 Å². The zero-order valence-electron chi connectivity index (χ0n) is 13.0. The largest absolute Gasteiger partial charge is 0.443 e. The number of benzene rings is 2. The lowest BCUT2D eigenvalue weighted by atomic mass is 10.1. The van der Waals surface area contributed by atoms with Crippen LogP contribution in [0.15, 0.2) is 61.5 Å². The maximum Gasteiger partial charge on any atom is 0.443 e. The van der Waals surface area contributed by atoms with E-state index in [1.165, 1.54) is 6.07 Å². The standard InChI is InChI=1S/C16H16N2O5S/c1-2-3-11-17-15(19)18(23-16(17)20)24(21,22)14-10-6-8-12-7-4-5-9-13(12)14/h4-10H,2-3,11H2,1H3. The Balaban J connectivity index is 2.22. The summed E-state index contributed by atoms with van der Waals surface area (Å²) in [6, 6.07) is 11.6. The van der Waals surface area contributed by atoms with Crippen molar-refractivity contribution in [1.29, 1.82) is 0 Å². The van der Waals surface area contributed by atoms with Gasteiger partial charge in [0.25, 0.3) is 10.0 Å². The maximum atomic E-state index is 12.8. The third kappa shape index (κ3) is 2.58. The second-order valence-electron chi connectivity index (χ2n) is 5.35. The Morgan fingerprint density at radius 3 is 2.50 bits per heavy atom. The molecule has 0 unspecified atom stereocenters. The van der Waals surface area contributed by atoms with Crippen molar-refractivity contribution in [3.63, 3.8) is 0 Å². The average Bonchev–Trinajstić information content (AvgIpc) is 2.87. The third-order valence-corrected chi connectivity index (χ3v) is 5.33. The van der Waals surface area contributed by atoms with Crippen LogP contribution >= 0.6 is 0 Å². The molecule has 0 saturated heterocycles. The van der Waals surface area contributed by atoms with Crippen molar-refractivity contribution in [1.82, 2.24) is 8.71 Å². The van der Waals surface area contributed by atoms with Crippen LogP contribution in [-0.2, 0) is 16.6 Å². The highest BCUT2D eigenvalue weighted by molar-refractivity contribution is 7.90. The van der Waals surface area contributed by atoms with Crippen molar-refractivity contribution in [3.8, 4) is 0 Å². The van der Waals surface area contributed by atoms with Crippen LogP contribution in [0.2, 0.25) is 0 Å². The lowest BCUT2D eigenvalue weighted by molar-refractivity contribution is 0.329. The maximum absolute atomic E-state index is 12.8. The number of aromatic nitrogens is 2. The summed E-state index contributed by atoms with van der Waals surface area (Å²) in [5.74, 6) is -0.975. The molecule has 126 valence electrons. The zero-order chi connectivity index (χ0) is 17.3. The van der Waals surface area contributed by atoms with Gasteiger partial charge in [0, 0.05) is 11.9 Å². The predicted octanol–water partition coefficient (Wildman–Crippen LogP) is 1.79. The molecule has 2 aromatic carbocycles. The van der Waals surface area contributed by atoms with Gasteiger partial charge in [0.2, 0.25) is 0 Å². The number of fused-ring (bicyclic) bond motifs is 1. The second-order valence-corrected chi connectivity index (χ2v) is 7.08. The van der Waals surface area contributed by atoms with Gasteiger partial charge < -0.3 is 4.52 Å². The molecule has 0 bridgehead atoms. The molecule has 0 aliphatic rings. The first-order valence-electron chi connectivity index (χ1n) is 7.53. The molecule has 0 fully saturated rings. The van der Waals surface area contributed by atoms with E-state index in [-0.39, 0.29) is 15.6 Å². The molecule has 1 aromatic heterocycles. The van der Waals surface area contributed by atoms with Gasteiger partial charge in [-0.15, -0.1) is 0 Å². The van der Waals surface area contributed by atoms with Gasteiger partial charge in [-0.3, -0.25) is 0 Å². The Morgan fingerprint density at radius 2 is 1.75 bits per heavy atom. The molecule has 0 aliphatic heterocycles. The van der Waals surface area contributed by atoms with Crippen LogP contribution in [0.25, 0.3) is 10.8 Å². The average molecular weight is 348 g/mol. The Hall–Kier alpha value is -2.61. The molecule has 1 heterocycles. The molecule has 7 nitrogen and oxygen atoms in total. The Morgan fingerprint density at radius 1 is 1.04 bits per heavy atom. The lowest BCUT2D eigenvalue weighted by Gasteiger charge is -2.06. The topological polar surface area (TPSA) is 91.3 Å². The van der Waals surface area contributed by atoms with E-state index in [1.807, 2.05) is 6.92 Å². The first-order valence-corrected chi connectivity index (χ1v) is 8.97. The number of hydrogen-bond donors (Lipinski definition) is 0. The number of rotatable bonds is 5. The molecule has 0 amide bonds. The normalized spacial score (nSPS) is 11.9. The Kier molecular flexibility index (Phi) is 4.15. The van der Waals surface area contributed by atoms with Gasteiger partial charge in [0.15, 0.2) is 0 Å². The summed E-state index contributed by atoms with van der Waals surface area (Å²) in [6.45, 7) is 2.02. The summed E-state index contributed by atoms with van der Waals surface area (Å²) >= 11 is 0. The summed E-state index contributed by atoms with van der Waals surface area (Å²) in [6.07, 6.45) is 1.33. The van der Waals surface area contributed by atoms with E-state index in [4.69, 9.17) is 4.52 Å². The Labute approximate surface area is 137 Å². The van der Waals surface area contributed by atoms with Gasteiger partial charge in [0.1, 0.15) is 0 Å². The van der Waals surface area contributed by atoms with E-state index < -0.39 is 21.5 Å². The molecule has 0 N–H and O–H groups in total. The minimum atomic E-state index is -4.31. The fourth-order valence-electron chi connectivity index (χ4n) is 2.50. The summed E-state index contributed by atoms with van der Waals surface area (Å²) in [5.41, 5.74) is -0.985. The van der Waals surface area contributed by atoms with Gasteiger partial charge in [0.05, 0.1) is 4.90 Å². The smallest absolute Gasteiger partial charge is 0.301 e. The zero-order valence-corrected chi connectivity index (χ0v) is 13.8. The monoisotopic (exact) mass is 348 g/mol. The SMILES string of the molecule is CCCCn1c(=O)on(S(=O)(=O)c2cccc3ccccc23)c1=O. The van der Waals surface area contributed by atoms with Gasteiger partial charge in [-0.05, 0) is 22.0 Å². The van der Waals surface area contributed by atoms with Crippen molar-refractivity contribution < 1.29 is 12.9 Å². The van der Waals surface area contributed by atoms with Gasteiger partial charge in [-0.2, -0.15) is 8.42 Å². The van der Waals surface area contributed by atoms with Crippen molar-refractivity contribution >= 4 is 20.8 Å². The third-order valence-electron chi connectivity index (χ3n) is 3.75. The lowest BCUT2D eigenvalue weighted by Crippen LogP contribution is -2.31. The van der Waals surface area contributed by atoms with E-state index in [1.54, 1.807) is 36.4 Å². The minimum Gasteiger partial charge on any atom is -0.301 e. The molecular formula is C16H16N2O5S. The van der Waals surface area contributed by atoms with Gasteiger partial charge in [-0.25, -0.2) is 14.2 Å². The molecule has 0 atom stereocenters. The molecule has 3 aromatic rings. The molecule has 0 spiro atoms. The van der Waals surface area contributed by atoms with Crippen LogP contribution in [0.3, 0.4) is 0 Å². The number of hydrogen-bond acceptors (Lipinski definition) is 5. The minimum absolute atomic E-state index is 0.0842. The molecule has 8 heteroatoms. The molecule has 0 radical (unpaired) electrons. The Bertz CT molecular complexity index is 1100. The molecular weight excluding hydrogens is 332 g/mol. The van der Waals surface area contributed by atoms with E-state index in [9.17, 15) is 18.0 Å². The fraction of sp³-hybridized carbons (Fsp3) is 0.250. The first kappa shape index (κ1) is 16.3. The first-order chi connectivity index (χ1) is 11.5. The van der Waals surface area contributed by atoms with E-state index >= 15 is 0 Å². The van der Waals surface area contributed by atoms with Crippen LogP contribution in [-0.4, -0.2) is 17.1 Å². The second kappa shape index (κ2) is 6.12. The highest BCUT2D eigenvalue weighted by Crippen LogP contribution is 2.23. The van der Waals surface area contributed by atoms with Crippen molar-refractivity contribution in [2.24, 2.45) is 0 Å². The molecule has 0 aliphatic carbocycles.